The fraction of sp³-hybridized carbons (Fsp3) is 0.314. The van der Waals surface area contributed by atoms with Crippen LogP contribution in [0.3, 0.4) is 0 Å². The summed E-state index contributed by atoms with van der Waals surface area (Å²) in [5, 5.41) is 4.97. The number of benzene rings is 2. The summed E-state index contributed by atoms with van der Waals surface area (Å²) in [6, 6.07) is 43.5. The van der Waals surface area contributed by atoms with Crippen LogP contribution in [0.1, 0.15) is 119 Å². The Hall–Kier alpha value is -13.5. The molecule has 2 aromatic carbocycles. The molecule has 4 saturated heterocycles. The van der Waals surface area contributed by atoms with Gasteiger partial charge >= 0.3 is 0 Å². The van der Waals surface area contributed by atoms with Crippen LogP contribution in [0.25, 0.3) is 78.5 Å². The first-order valence-electron chi connectivity index (χ1n) is 45.3. The molecule has 8 aliphatic heterocycles. The summed E-state index contributed by atoms with van der Waals surface area (Å²) in [4.78, 5) is 89.1. The first-order valence-corrected chi connectivity index (χ1v) is 45.7. The van der Waals surface area contributed by atoms with Crippen molar-refractivity contribution in [3.63, 3.8) is 0 Å². The molecule has 14 aromatic heterocycles. The molecule has 0 amide bonds. The molecule has 0 aliphatic carbocycles. The Kier molecular flexibility index (Phi) is 23.0. The van der Waals surface area contributed by atoms with Crippen molar-refractivity contribution in [1.29, 1.82) is 0 Å². The number of halogens is 6. The van der Waals surface area contributed by atoms with Gasteiger partial charge in [0.25, 0.3) is 22.2 Å². The smallest absolute Gasteiger partial charge is 0.259 e. The van der Waals surface area contributed by atoms with Gasteiger partial charge in [0, 0.05) is 243 Å². The van der Waals surface area contributed by atoms with Crippen LogP contribution in [0.5, 0.6) is 17.2 Å². The normalized spacial score (nSPS) is 17.8. The van der Waals surface area contributed by atoms with E-state index in [1.54, 1.807) is 65.8 Å². The molecule has 31 heteroatoms. The maximum atomic E-state index is 14.0. The highest BCUT2D eigenvalue weighted by Gasteiger charge is 2.38. The average Bonchev–Trinajstić information content (AvgIpc) is 1.60. The van der Waals surface area contributed by atoms with Crippen LogP contribution in [0.15, 0.2) is 208 Å². The summed E-state index contributed by atoms with van der Waals surface area (Å²) in [6.45, 7) is 10.2. The van der Waals surface area contributed by atoms with E-state index in [0.717, 1.165) is 139 Å². The predicted molar refractivity (Wildman–Crippen MR) is 497 cm³/mol. The number of aromatic nitrogens is 14. The lowest BCUT2D eigenvalue weighted by atomic mass is 9.99. The molecule has 4 unspecified atom stereocenters. The van der Waals surface area contributed by atoms with Gasteiger partial charge in [-0.1, -0.05) is 23.7 Å². The number of aryl methyl sites for hydroxylation is 5. The Labute approximate surface area is 765 Å². The number of fused-ring (bicyclic) bond motifs is 16. The minimum atomic E-state index is -0.795. The first kappa shape index (κ1) is 86.2. The fourth-order valence-electron chi connectivity index (χ4n) is 21.0. The molecule has 4 fully saturated rings. The average molecular weight is 1820 g/mol. The van der Waals surface area contributed by atoms with Crippen LogP contribution < -0.4 is 36.4 Å². The van der Waals surface area contributed by atoms with Gasteiger partial charge in [0.15, 0.2) is 5.82 Å². The number of hydrogen-bond acceptors (Lipinski definition) is 17. The standard InChI is InChI=1S/C26H24ClFN4O2.C26H24F2N4O2.C25H23F2N5O2.C25H25N5O/c2*1-30-23-12-18-3-2-9-31(18)14-21(23)20-6-7-24(29-26(20)30)32-10-8-19(13-25(32)33)34-15-16-4-5-17(27)11-22(16)28;1-30-22-10-16-3-2-7-31(16)13-19(22)18-4-5-23(29-25(18)30)32-8-6-17(11-24(32)33)34-14-21-20(27)9-15(26)12-28-21;1-16-5-6-18(14-26-16)17-9-11-30(24(31)12-17)23-8-7-20-21-15-29-10-3-4-19(29)13-22(21)28(2)25(20)27-23/h2*4-8,10-11,13,18H,2-3,9,12,14-15H2,1H3;4-6,8-9,11-12,16H,2-3,7,10,13-14H2,1H3;5-9,11-12,14,19H,3-4,10,13,15H2,1-2H3. The number of pyridine rings is 10. The predicted octanol–water partition coefficient (Wildman–Crippen LogP) is 15.8. The van der Waals surface area contributed by atoms with Crippen LogP contribution in [0.2, 0.25) is 5.02 Å². The van der Waals surface area contributed by atoms with Gasteiger partial charge in [-0.15, -0.1) is 0 Å². The van der Waals surface area contributed by atoms with Gasteiger partial charge in [-0.2, -0.15) is 0 Å². The topological polar surface area (TPSA) is 226 Å². The molecule has 0 N–H and O–H groups in total. The Bertz CT molecular complexity index is 7040. The fourth-order valence-corrected chi connectivity index (χ4v) is 21.2. The zero-order valence-corrected chi connectivity index (χ0v) is 74.9. The van der Waals surface area contributed by atoms with Crippen molar-refractivity contribution < 1.29 is 36.2 Å². The lowest BCUT2D eigenvalue weighted by Gasteiger charge is -2.30. The van der Waals surface area contributed by atoms with Gasteiger partial charge in [-0.25, -0.2) is 41.9 Å². The number of hydrogen-bond donors (Lipinski definition) is 0. The highest BCUT2D eigenvalue weighted by Crippen LogP contribution is 2.42. The van der Waals surface area contributed by atoms with Crippen LogP contribution in [-0.2, 0) is 99.9 Å². The Morgan fingerprint density at radius 2 is 0.722 bits per heavy atom. The van der Waals surface area contributed by atoms with Crippen molar-refractivity contribution >= 4 is 55.7 Å². The maximum absolute atomic E-state index is 14.0. The SMILES string of the molecule is Cc1ccc(-c2ccn(-c3ccc4c5c(n(C)c4n3)CC3CCCN3C5)c(=O)c2)cn1.Cn1c2c(c3ccc(-n4ccc(OCc5ccc(Cl)cc5F)cc4=O)nc31)CN1CCCC1C2.Cn1c2c(c3ccc(-n4ccc(OCc5ccc(F)cc5F)cc4=O)nc31)CN1CCCC1C2.Cn1c2c(c3ccc(-n4ccc(OCc5ncc(F)cc5F)cc4=O)nc31)CN1CCCC1C2. The second-order valence-electron chi connectivity index (χ2n) is 35.9. The maximum Gasteiger partial charge on any atom is 0.259 e. The van der Waals surface area contributed by atoms with E-state index in [0.29, 0.717) is 69.5 Å². The zero-order valence-electron chi connectivity index (χ0n) is 74.1. The van der Waals surface area contributed by atoms with Crippen molar-refractivity contribution in [3.8, 4) is 51.6 Å². The summed E-state index contributed by atoms with van der Waals surface area (Å²) < 4.78 is 99.2. The summed E-state index contributed by atoms with van der Waals surface area (Å²) >= 11 is 5.79. The van der Waals surface area contributed by atoms with E-state index in [2.05, 4.69) is 87.2 Å². The van der Waals surface area contributed by atoms with Crippen molar-refractivity contribution in [3.05, 3.63) is 332 Å². The van der Waals surface area contributed by atoms with E-state index >= 15 is 0 Å². The molecule has 678 valence electrons. The van der Waals surface area contributed by atoms with Gasteiger partial charge in [-0.05, 0) is 215 Å². The van der Waals surface area contributed by atoms with Crippen LogP contribution in [0.4, 0.5) is 22.0 Å². The van der Waals surface area contributed by atoms with E-state index < -0.39 is 29.1 Å². The molecule has 0 radical (unpaired) electrons. The first-order chi connectivity index (χ1) is 64.5. The summed E-state index contributed by atoms with van der Waals surface area (Å²) in [6.07, 6.45) is 23.7. The van der Waals surface area contributed by atoms with E-state index in [1.165, 1.54) is 165 Å². The van der Waals surface area contributed by atoms with E-state index in [9.17, 15) is 41.1 Å². The van der Waals surface area contributed by atoms with E-state index in [1.807, 2.05) is 68.7 Å². The Balaban J connectivity index is 0.000000107. The lowest BCUT2D eigenvalue weighted by molar-refractivity contribution is 0.225. The number of ether oxygens (including phenoxy) is 3. The van der Waals surface area contributed by atoms with Crippen LogP contribution in [0, 0.1) is 36.0 Å². The van der Waals surface area contributed by atoms with Gasteiger partial charge < -0.3 is 32.5 Å². The molecule has 8 aliphatic rings. The Morgan fingerprint density at radius 3 is 1.08 bits per heavy atom. The van der Waals surface area contributed by atoms with Gasteiger partial charge in [-0.3, -0.25) is 67.0 Å². The number of rotatable bonds is 14. The minimum absolute atomic E-state index is 0.00355. The minimum Gasteiger partial charge on any atom is -0.489 e. The van der Waals surface area contributed by atoms with Crippen molar-refractivity contribution in [2.75, 3.05) is 26.2 Å². The number of nitrogens with zero attached hydrogens (tertiary/aromatic N) is 18. The lowest BCUT2D eigenvalue weighted by Crippen LogP contribution is -2.35. The van der Waals surface area contributed by atoms with Gasteiger partial charge in [0.05, 0.1) is 6.20 Å². The summed E-state index contributed by atoms with van der Waals surface area (Å²) in [5.41, 5.74) is 16.8. The third-order valence-electron chi connectivity index (χ3n) is 28.1. The second kappa shape index (κ2) is 35.5. The highest BCUT2D eigenvalue weighted by molar-refractivity contribution is 6.30. The van der Waals surface area contributed by atoms with Crippen LogP contribution in [-0.4, -0.2) is 136 Å². The molecular formula is C102H96ClF5N18O7. The largest absolute Gasteiger partial charge is 0.489 e. The Morgan fingerprint density at radius 1 is 0.361 bits per heavy atom. The van der Waals surface area contributed by atoms with Crippen molar-refractivity contribution in [2.24, 2.45) is 28.2 Å². The van der Waals surface area contributed by atoms with Crippen molar-refractivity contribution in [2.45, 2.75) is 154 Å². The highest BCUT2D eigenvalue weighted by atomic mass is 35.5. The molecule has 4 atom stereocenters. The van der Waals surface area contributed by atoms with E-state index in [-0.39, 0.29) is 59.1 Å². The monoisotopic (exact) mass is 1810 g/mol. The molecule has 0 saturated carbocycles. The molecule has 133 heavy (non-hydrogen) atoms. The third kappa shape index (κ3) is 16.7. The molecule has 0 spiro atoms. The van der Waals surface area contributed by atoms with Crippen molar-refractivity contribution in [1.82, 2.24) is 86.0 Å². The summed E-state index contributed by atoms with van der Waals surface area (Å²) in [7, 11) is 8.28. The molecule has 25 nitrogen and oxygen atoms in total. The van der Waals surface area contributed by atoms with E-state index in [4.69, 9.17) is 45.7 Å². The molecule has 24 rings (SSSR count). The quantitative estimate of drug-likeness (QED) is 0.0922. The second-order valence-corrected chi connectivity index (χ2v) is 36.4. The molecular weight excluding hydrogens is 1720 g/mol. The molecule has 0 bridgehead atoms. The molecule has 22 heterocycles. The van der Waals surface area contributed by atoms with Gasteiger partial charge in [0.1, 0.15) is 112 Å². The van der Waals surface area contributed by atoms with Crippen LogP contribution >= 0.6 is 11.6 Å². The summed E-state index contributed by atoms with van der Waals surface area (Å²) in [5.74, 6) is -0.107. The zero-order chi connectivity index (χ0) is 91.3. The van der Waals surface area contributed by atoms with Gasteiger partial charge in [0.2, 0.25) is 0 Å². The molecule has 16 aromatic rings. The third-order valence-corrected chi connectivity index (χ3v) is 28.3.